The molecule has 16 heavy (non-hydrogen) atoms. The molecule has 0 saturated heterocycles. The van der Waals surface area contributed by atoms with Gasteiger partial charge in [0.2, 0.25) is 0 Å². The molecule has 3 rings (SSSR count). The lowest BCUT2D eigenvalue weighted by molar-refractivity contribution is -0.0919. The summed E-state index contributed by atoms with van der Waals surface area (Å²) in [4.78, 5) is 0. The Balaban J connectivity index is 2.00. The molecule has 1 spiro atoms. The third-order valence-electron chi connectivity index (χ3n) is 6.24. The maximum atomic E-state index is 10.6. The predicted octanol–water partition coefficient (Wildman–Crippen LogP) is 3.75. The fourth-order valence-electron chi connectivity index (χ4n) is 5.64. The smallest absolute Gasteiger partial charge is 0.0604 e. The molecule has 0 aromatic rings. The standard InChI is InChI=1S/C15H26O/c1-13(2)9-12(16)15-7-4-6-14(3,10-15)8-5-11(13)15/h11-12,16H,4-10H2,1-3H3/t11-,12+,14+,15-/m0/s1. The second-order valence-corrected chi connectivity index (χ2v) is 7.87. The maximum absolute atomic E-state index is 10.6. The molecule has 3 aliphatic carbocycles. The van der Waals surface area contributed by atoms with Crippen molar-refractivity contribution in [2.75, 3.05) is 0 Å². The summed E-state index contributed by atoms with van der Waals surface area (Å²) < 4.78 is 0. The van der Waals surface area contributed by atoms with Gasteiger partial charge in [-0.3, -0.25) is 0 Å². The lowest BCUT2D eigenvalue weighted by Gasteiger charge is -2.55. The first-order valence-corrected chi connectivity index (χ1v) is 7.06. The van der Waals surface area contributed by atoms with Gasteiger partial charge in [0.25, 0.3) is 0 Å². The van der Waals surface area contributed by atoms with Gasteiger partial charge in [0.1, 0.15) is 0 Å². The van der Waals surface area contributed by atoms with E-state index in [2.05, 4.69) is 20.8 Å². The highest BCUT2D eigenvalue weighted by atomic mass is 16.3. The molecule has 92 valence electrons. The average molecular weight is 222 g/mol. The van der Waals surface area contributed by atoms with E-state index in [1.54, 1.807) is 0 Å². The highest BCUT2D eigenvalue weighted by Crippen LogP contribution is 2.68. The van der Waals surface area contributed by atoms with Crippen LogP contribution >= 0.6 is 0 Å². The van der Waals surface area contributed by atoms with Crippen LogP contribution in [0.3, 0.4) is 0 Å². The Morgan fingerprint density at radius 1 is 1.06 bits per heavy atom. The zero-order valence-corrected chi connectivity index (χ0v) is 11.1. The molecule has 1 heteroatoms. The van der Waals surface area contributed by atoms with Gasteiger partial charge in [-0.05, 0) is 55.3 Å². The van der Waals surface area contributed by atoms with Gasteiger partial charge in [0.05, 0.1) is 6.10 Å². The Morgan fingerprint density at radius 2 is 1.81 bits per heavy atom. The van der Waals surface area contributed by atoms with E-state index in [0.29, 0.717) is 16.2 Å². The summed E-state index contributed by atoms with van der Waals surface area (Å²) in [5, 5.41) is 10.6. The number of fused-ring (bicyclic) bond motifs is 1. The summed E-state index contributed by atoms with van der Waals surface area (Å²) in [5.41, 5.74) is 1.23. The molecule has 0 amide bonds. The van der Waals surface area contributed by atoms with E-state index < -0.39 is 0 Å². The van der Waals surface area contributed by atoms with E-state index in [4.69, 9.17) is 0 Å². The van der Waals surface area contributed by atoms with E-state index in [1.165, 1.54) is 38.5 Å². The van der Waals surface area contributed by atoms with Gasteiger partial charge in [0, 0.05) is 5.41 Å². The van der Waals surface area contributed by atoms with Crippen LogP contribution in [-0.4, -0.2) is 11.2 Å². The first-order chi connectivity index (χ1) is 7.38. The molecule has 2 bridgehead atoms. The number of rotatable bonds is 0. The minimum atomic E-state index is -0.0209. The van der Waals surface area contributed by atoms with Gasteiger partial charge in [0.15, 0.2) is 0 Å². The van der Waals surface area contributed by atoms with Crippen LogP contribution in [0.5, 0.6) is 0 Å². The van der Waals surface area contributed by atoms with Gasteiger partial charge in [-0.1, -0.05) is 27.2 Å². The second-order valence-electron chi connectivity index (χ2n) is 7.87. The van der Waals surface area contributed by atoms with Crippen LogP contribution in [0.25, 0.3) is 0 Å². The highest BCUT2D eigenvalue weighted by molar-refractivity contribution is 5.12. The summed E-state index contributed by atoms with van der Waals surface area (Å²) in [7, 11) is 0. The normalized spacial score (nSPS) is 54.8. The van der Waals surface area contributed by atoms with Crippen molar-refractivity contribution >= 4 is 0 Å². The third kappa shape index (κ3) is 1.27. The number of aliphatic hydroxyl groups is 1. The molecular formula is C15H26O. The molecule has 0 aromatic carbocycles. The maximum Gasteiger partial charge on any atom is 0.0604 e. The van der Waals surface area contributed by atoms with Gasteiger partial charge < -0.3 is 5.11 Å². The van der Waals surface area contributed by atoms with Gasteiger partial charge in [-0.25, -0.2) is 0 Å². The largest absolute Gasteiger partial charge is 0.393 e. The van der Waals surface area contributed by atoms with E-state index >= 15 is 0 Å². The third-order valence-corrected chi connectivity index (χ3v) is 6.24. The number of hydrogen-bond donors (Lipinski definition) is 1. The molecule has 0 heterocycles. The molecule has 0 aromatic heterocycles. The summed E-state index contributed by atoms with van der Waals surface area (Å²) in [6.45, 7) is 7.22. The van der Waals surface area contributed by atoms with Crippen molar-refractivity contribution < 1.29 is 5.11 Å². The predicted molar refractivity (Wildman–Crippen MR) is 66.1 cm³/mol. The van der Waals surface area contributed by atoms with Crippen molar-refractivity contribution in [1.29, 1.82) is 0 Å². The quantitative estimate of drug-likeness (QED) is 0.662. The van der Waals surface area contributed by atoms with Crippen LogP contribution < -0.4 is 0 Å². The van der Waals surface area contributed by atoms with Crippen LogP contribution in [0.4, 0.5) is 0 Å². The second kappa shape index (κ2) is 3.04. The zero-order chi connectivity index (χ0) is 11.6. The molecule has 1 nitrogen and oxygen atoms in total. The molecule has 0 unspecified atom stereocenters. The first kappa shape index (κ1) is 11.1. The lowest BCUT2D eigenvalue weighted by Crippen LogP contribution is -2.48. The minimum Gasteiger partial charge on any atom is -0.393 e. The van der Waals surface area contributed by atoms with E-state index in [-0.39, 0.29) is 6.10 Å². The Kier molecular flexibility index (Phi) is 2.11. The van der Waals surface area contributed by atoms with Crippen LogP contribution in [0.2, 0.25) is 0 Å². The summed E-state index contributed by atoms with van der Waals surface area (Å²) >= 11 is 0. The molecule has 0 radical (unpaired) electrons. The van der Waals surface area contributed by atoms with Crippen molar-refractivity contribution in [3.8, 4) is 0 Å². The molecule has 0 aliphatic heterocycles. The zero-order valence-electron chi connectivity index (χ0n) is 11.1. The number of aliphatic hydroxyl groups excluding tert-OH is 1. The van der Waals surface area contributed by atoms with Crippen molar-refractivity contribution in [3.63, 3.8) is 0 Å². The van der Waals surface area contributed by atoms with Crippen molar-refractivity contribution in [2.24, 2.45) is 22.2 Å². The fraction of sp³-hybridized carbons (Fsp3) is 1.00. The summed E-state index contributed by atoms with van der Waals surface area (Å²) in [6.07, 6.45) is 9.11. The summed E-state index contributed by atoms with van der Waals surface area (Å²) in [6, 6.07) is 0. The molecule has 1 N–H and O–H groups in total. The minimum absolute atomic E-state index is 0.0209. The summed E-state index contributed by atoms with van der Waals surface area (Å²) in [5.74, 6) is 0.781. The Labute approximate surface area is 99.6 Å². The van der Waals surface area contributed by atoms with Gasteiger partial charge in [-0.15, -0.1) is 0 Å². The van der Waals surface area contributed by atoms with Crippen LogP contribution in [0, 0.1) is 22.2 Å². The van der Waals surface area contributed by atoms with Crippen molar-refractivity contribution in [3.05, 3.63) is 0 Å². The van der Waals surface area contributed by atoms with Crippen LogP contribution in [0.15, 0.2) is 0 Å². The van der Waals surface area contributed by atoms with Crippen LogP contribution in [-0.2, 0) is 0 Å². The average Bonchev–Trinajstić information content (AvgIpc) is 2.31. The first-order valence-electron chi connectivity index (χ1n) is 7.06. The topological polar surface area (TPSA) is 20.2 Å². The van der Waals surface area contributed by atoms with E-state index in [9.17, 15) is 5.11 Å². The molecule has 4 atom stereocenters. The number of hydrogen-bond acceptors (Lipinski definition) is 1. The fourth-order valence-corrected chi connectivity index (χ4v) is 5.64. The molecule has 3 saturated carbocycles. The van der Waals surface area contributed by atoms with Crippen LogP contribution in [0.1, 0.15) is 65.7 Å². The molecule has 3 fully saturated rings. The monoisotopic (exact) mass is 222 g/mol. The Morgan fingerprint density at radius 3 is 2.56 bits per heavy atom. The van der Waals surface area contributed by atoms with Gasteiger partial charge >= 0.3 is 0 Å². The van der Waals surface area contributed by atoms with E-state index in [0.717, 1.165) is 12.3 Å². The SMILES string of the molecule is CC1(C)C[C@@H](O)[C@]23CCC[C@](C)(CC[C@@H]12)C3. The Bertz CT molecular complexity index is 309. The van der Waals surface area contributed by atoms with Crippen molar-refractivity contribution in [2.45, 2.75) is 71.8 Å². The molecular weight excluding hydrogens is 196 g/mol. The Hall–Kier alpha value is -0.0400. The highest BCUT2D eigenvalue weighted by Gasteiger charge is 2.62. The lowest BCUT2D eigenvalue weighted by atomic mass is 9.50. The van der Waals surface area contributed by atoms with Crippen molar-refractivity contribution in [1.82, 2.24) is 0 Å². The molecule has 3 aliphatic rings. The van der Waals surface area contributed by atoms with E-state index in [1.807, 2.05) is 0 Å². The van der Waals surface area contributed by atoms with Gasteiger partial charge in [-0.2, -0.15) is 0 Å².